The van der Waals surface area contributed by atoms with Gasteiger partial charge in [-0.2, -0.15) is 0 Å². The summed E-state index contributed by atoms with van der Waals surface area (Å²) in [5.74, 6) is 0.695. The van der Waals surface area contributed by atoms with Crippen molar-refractivity contribution in [3.63, 3.8) is 0 Å². The summed E-state index contributed by atoms with van der Waals surface area (Å²) in [6.07, 6.45) is 1.71. The minimum Gasteiger partial charge on any atom is -0.496 e. The molecule has 0 saturated carbocycles. The van der Waals surface area contributed by atoms with Crippen molar-refractivity contribution in [2.75, 3.05) is 12.4 Å². The highest BCUT2D eigenvalue weighted by Gasteiger charge is 2.21. The number of aryl methyl sites for hydroxylation is 1. The van der Waals surface area contributed by atoms with Crippen LogP contribution in [0.3, 0.4) is 0 Å². The van der Waals surface area contributed by atoms with Crippen LogP contribution in [0.5, 0.6) is 5.75 Å². The van der Waals surface area contributed by atoms with Crippen LogP contribution in [0.2, 0.25) is 0 Å². The number of nitrogens with one attached hydrogen (secondary N) is 2. The van der Waals surface area contributed by atoms with Crippen LogP contribution < -0.4 is 15.4 Å². The Morgan fingerprint density at radius 1 is 1.00 bits per heavy atom. The highest BCUT2D eigenvalue weighted by atomic mass is 16.5. The number of anilines is 1. The maximum Gasteiger partial charge on any atom is 0.320 e. The van der Waals surface area contributed by atoms with E-state index >= 15 is 0 Å². The molecule has 1 heterocycles. The number of pyridine rings is 1. The Labute approximate surface area is 159 Å². The van der Waals surface area contributed by atoms with Gasteiger partial charge in [-0.15, -0.1) is 0 Å². The fourth-order valence-electron chi connectivity index (χ4n) is 2.94. The summed E-state index contributed by atoms with van der Waals surface area (Å²) in [5, 5.41) is 5.97. The molecule has 0 aliphatic heterocycles. The van der Waals surface area contributed by atoms with Gasteiger partial charge in [-0.25, -0.2) is 4.79 Å². The third-order valence-electron chi connectivity index (χ3n) is 4.56. The second kappa shape index (κ2) is 8.36. The molecule has 2 N–H and O–H groups in total. The zero-order valence-electron chi connectivity index (χ0n) is 15.7. The molecule has 138 valence electrons. The van der Waals surface area contributed by atoms with Crippen molar-refractivity contribution < 1.29 is 9.53 Å². The normalized spacial score (nSPS) is 11.5. The lowest BCUT2D eigenvalue weighted by Gasteiger charge is -2.21. The van der Waals surface area contributed by atoms with Gasteiger partial charge >= 0.3 is 6.03 Å². The molecule has 2 amide bonds. The molecular formula is C22H23N3O2. The zero-order chi connectivity index (χ0) is 19.2. The SMILES string of the molecule is COc1ccccc1C(NC(=O)Nc1cccc(C)c1C)c1ccccn1. The zero-order valence-corrected chi connectivity index (χ0v) is 15.7. The lowest BCUT2D eigenvalue weighted by Crippen LogP contribution is -2.34. The molecule has 3 aromatic rings. The van der Waals surface area contributed by atoms with Crippen LogP contribution in [0.4, 0.5) is 10.5 Å². The van der Waals surface area contributed by atoms with Crippen LogP contribution in [0.1, 0.15) is 28.4 Å². The van der Waals surface area contributed by atoms with Crippen molar-refractivity contribution in [3.05, 3.63) is 89.2 Å². The molecule has 27 heavy (non-hydrogen) atoms. The fraction of sp³-hybridized carbons (Fsp3) is 0.182. The van der Waals surface area contributed by atoms with Crippen molar-refractivity contribution in [2.24, 2.45) is 0 Å². The fourth-order valence-corrected chi connectivity index (χ4v) is 2.94. The van der Waals surface area contributed by atoms with Crippen LogP contribution in [0.25, 0.3) is 0 Å². The molecule has 0 aliphatic rings. The molecule has 0 aliphatic carbocycles. The number of ether oxygens (including phenoxy) is 1. The molecule has 3 rings (SSSR count). The van der Waals surface area contributed by atoms with Gasteiger partial charge in [0.25, 0.3) is 0 Å². The number of carbonyl (C=O) groups is 1. The van der Waals surface area contributed by atoms with Crippen LogP contribution >= 0.6 is 0 Å². The van der Waals surface area contributed by atoms with Crippen molar-refractivity contribution in [1.82, 2.24) is 10.3 Å². The number of amides is 2. The van der Waals surface area contributed by atoms with Crippen LogP contribution in [-0.4, -0.2) is 18.1 Å². The first-order valence-electron chi connectivity index (χ1n) is 8.77. The molecule has 5 nitrogen and oxygen atoms in total. The van der Waals surface area contributed by atoms with Gasteiger partial charge in [-0.1, -0.05) is 36.4 Å². The molecule has 1 atom stereocenters. The Kier molecular flexibility index (Phi) is 5.71. The van der Waals surface area contributed by atoms with Gasteiger partial charge < -0.3 is 15.4 Å². The number of rotatable bonds is 5. The van der Waals surface area contributed by atoms with Crippen molar-refractivity contribution in [1.29, 1.82) is 0 Å². The number of para-hydroxylation sites is 1. The van der Waals surface area contributed by atoms with E-state index in [1.807, 2.05) is 74.5 Å². The maximum absolute atomic E-state index is 12.7. The number of carbonyl (C=O) groups excluding carboxylic acids is 1. The molecular weight excluding hydrogens is 338 g/mol. The lowest BCUT2D eigenvalue weighted by atomic mass is 10.0. The van der Waals surface area contributed by atoms with Crippen LogP contribution in [0, 0.1) is 13.8 Å². The van der Waals surface area contributed by atoms with Crippen LogP contribution in [0.15, 0.2) is 66.9 Å². The number of nitrogens with zero attached hydrogens (tertiary/aromatic N) is 1. The average Bonchev–Trinajstić information content (AvgIpc) is 2.70. The van der Waals surface area contributed by atoms with Crippen molar-refractivity contribution in [3.8, 4) is 5.75 Å². The summed E-state index contributed by atoms with van der Waals surface area (Å²) < 4.78 is 5.48. The first kappa shape index (κ1) is 18.5. The largest absolute Gasteiger partial charge is 0.496 e. The van der Waals surface area contributed by atoms with Crippen molar-refractivity contribution >= 4 is 11.7 Å². The standard InChI is InChI=1S/C22H23N3O2/c1-15-9-8-12-18(16(15)2)24-22(26)25-21(19-11-6-7-14-23-19)17-10-4-5-13-20(17)27-3/h4-14,21H,1-3H3,(H2,24,25,26). The highest BCUT2D eigenvalue weighted by Crippen LogP contribution is 2.29. The van der Waals surface area contributed by atoms with E-state index in [9.17, 15) is 4.79 Å². The molecule has 0 spiro atoms. The Morgan fingerprint density at radius 2 is 1.78 bits per heavy atom. The van der Waals surface area contributed by atoms with E-state index in [1.165, 1.54) is 0 Å². The Bertz CT molecular complexity index is 926. The van der Waals surface area contributed by atoms with E-state index in [-0.39, 0.29) is 6.03 Å². The first-order chi connectivity index (χ1) is 13.1. The average molecular weight is 361 g/mol. The van der Waals surface area contributed by atoms with E-state index in [0.717, 1.165) is 28.1 Å². The van der Waals surface area contributed by atoms with Gasteiger partial charge in [-0.05, 0) is 49.2 Å². The van der Waals surface area contributed by atoms with E-state index in [1.54, 1.807) is 13.3 Å². The van der Waals surface area contributed by atoms with E-state index in [4.69, 9.17) is 4.74 Å². The Hall–Kier alpha value is -3.34. The molecule has 5 heteroatoms. The number of hydrogen-bond acceptors (Lipinski definition) is 3. The third kappa shape index (κ3) is 4.26. The van der Waals surface area contributed by atoms with E-state index in [0.29, 0.717) is 5.75 Å². The predicted octanol–water partition coefficient (Wildman–Crippen LogP) is 4.62. The van der Waals surface area contributed by atoms with Gasteiger partial charge in [0.2, 0.25) is 0 Å². The maximum atomic E-state index is 12.7. The predicted molar refractivity (Wildman–Crippen MR) is 107 cm³/mol. The summed E-state index contributed by atoms with van der Waals surface area (Å²) >= 11 is 0. The summed E-state index contributed by atoms with van der Waals surface area (Å²) in [7, 11) is 1.62. The Morgan fingerprint density at radius 3 is 2.52 bits per heavy atom. The molecule has 1 unspecified atom stereocenters. The van der Waals surface area contributed by atoms with E-state index in [2.05, 4.69) is 15.6 Å². The number of benzene rings is 2. The highest BCUT2D eigenvalue weighted by molar-refractivity contribution is 5.90. The topological polar surface area (TPSA) is 63.2 Å². The molecule has 0 bridgehead atoms. The number of hydrogen-bond donors (Lipinski definition) is 2. The molecule has 2 aromatic carbocycles. The van der Waals surface area contributed by atoms with Gasteiger partial charge in [-0.3, -0.25) is 4.98 Å². The number of aromatic nitrogens is 1. The van der Waals surface area contributed by atoms with Gasteiger partial charge in [0, 0.05) is 17.4 Å². The minimum atomic E-state index is -0.438. The van der Waals surface area contributed by atoms with Crippen LogP contribution in [-0.2, 0) is 0 Å². The smallest absolute Gasteiger partial charge is 0.320 e. The monoisotopic (exact) mass is 361 g/mol. The second-order valence-corrected chi connectivity index (χ2v) is 6.28. The number of methoxy groups -OCH3 is 1. The summed E-state index contributed by atoms with van der Waals surface area (Å²) in [6, 6.07) is 18.3. The molecule has 0 fully saturated rings. The second-order valence-electron chi connectivity index (χ2n) is 6.28. The quantitative estimate of drug-likeness (QED) is 0.697. The number of urea groups is 1. The third-order valence-corrected chi connectivity index (χ3v) is 4.56. The summed E-state index contributed by atoms with van der Waals surface area (Å²) in [6.45, 7) is 4.01. The summed E-state index contributed by atoms with van der Waals surface area (Å²) in [5.41, 5.74) is 4.53. The molecule has 0 radical (unpaired) electrons. The Balaban J connectivity index is 1.90. The van der Waals surface area contributed by atoms with Crippen molar-refractivity contribution in [2.45, 2.75) is 19.9 Å². The first-order valence-corrected chi connectivity index (χ1v) is 8.77. The minimum absolute atomic E-state index is 0.301. The molecule has 1 aromatic heterocycles. The van der Waals surface area contributed by atoms with Gasteiger partial charge in [0.1, 0.15) is 11.8 Å². The van der Waals surface area contributed by atoms with E-state index < -0.39 is 6.04 Å². The van der Waals surface area contributed by atoms with Gasteiger partial charge in [0.15, 0.2) is 0 Å². The summed E-state index contributed by atoms with van der Waals surface area (Å²) in [4.78, 5) is 17.2. The lowest BCUT2D eigenvalue weighted by molar-refractivity contribution is 0.249. The van der Waals surface area contributed by atoms with Gasteiger partial charge in [0.05, 0.1) is 12.8 Å². The molecule has 0 saturated heterocycles.